The van der Waals surface area contributed by atoms with Crippen molar-refractivity contribution in [3.63, 3.8) is 0 Å². The van der Waals surface area contributed by atoms with Gasteiger partial charge in [-0.15, -0.1) is 12.4 Å². The Morgan fingerprint density at radius 1 is 1.36 bits per heavy atom. The monoisotopic (exact) mass is 397 g/mol. The van der Waals surface area contributed by atoms with Crippen LogP contribution in [0.4, 0.5) is 8.78 Å². The number of nitrogens with zero attached hydrogens (tertiary/aromatic N) is 1. The van der Waals surface area contributed by atoms with Gasteiger partial charge in [0.2, 0.25) is 15.9 Å². The van der Waals surface area contributed by atoms with Crippen molar-refractivity contribution in [1.29, 1.82) is 0 Å². The van der Waals surface area contributed by atoms with Gasteiger partial charge >= 0.3 is 0 Å². The van der Waals surface area contributed by atoms with Crippen LogP contribution in [0.15, 0.2) is 18.2 Å². The van der Waals surface area contributed by atoms with Crippen molar-refractivity contribution < 1.29 is 22.0 Å². The molecule has 1 saturated heterocycles. The topological polar surface area (TPSA) is 78.5 Å². The maximum Gasteiger partial charge on any atom is 0.235 e. The summed E-state index contributed by atoms with van der Waals surface area (Å²) in [7, 11) is -2.13. The van der Waals surface area contributed by atoms with Gasteiger partial charge in [0, 0.05) is 25.6 Å². The molecule has 1 heterocycles. The van der Waals surface area contributed by atoms with Gasteiger partial charge in [-0.1, -0.05) is 6.07 Å². The number of benzene rings is 1. The first-order valence-electron chi connectivity index (χ1n) is 7.55. The number of carbonyl (C=O) groups excluding carboxylic acids is 1. The predicted molar refractivity (Wildman–Crippen MR) is 93.2 cm³/mol. The molecule has 2 unspecified atom stereocenters. The molecule has 0 aliphatic carbocycles. The van der Waals surface area contributed by atoms with E-state index in [9.17, 15) is 22.0 Å². The minimum Gasteiger partial charge on any atom is -0.350 e. The van der Waals surface area contributed by atoms with E-state index in [1.807, 2.05) is 0 Å². The van der Waals surface area contributed by atoms with Crippen molar-refractivity contribution in [3.05, 3.63) is 35.4 Å². The molecule has 2 N–H and O–H groups in total. The van der Waals surface area contributed by atoms with E-state index >= 15 is 0 Å². The Morgan fingerprint density at radius 3 is 2.64 bits per heavy atom. The van der Waals surface area contributed by atoms with Gasteiger partial charge < -0.3 is 10.6 Å². The van der Waals surface area contributed by atoms with Crippen LogP contribution in [-0.2, 0) is 14.8 Å². The Labute approximate surface area is 152 Å². The highest BCUT2D eigenvalue weighted by Crippen LogP contribution is 2.27. The number of rotatable bonds is 5. The Balaban J connectivity index is 0.00000312. The van der Waals surface area contributed by atoms with Gasteiger partial charge in [0.15, 0.2) is 11.6 Å². The number of piperidine rings is 1. The number of amides is 1. The van der Waals surface area contributed by atoms with Crippen LogP contribution in [0.25, 0.3) is 0 Å². The standard InChI is InChI=1S/C15H21F2N3O3S.ClH/c1-20(24(2,22)23)9-15(21)19-14-8-18-6-5-11(14)10-3-4-12(16)13(17)7-10;/h3-4,7,11,14,18H,5-6,8-9H2,1-2H3,(H,19,21);1H. The SMILES string of the molecule is CN(CC(=O)NC1CNCCC1c1ccc(F)c(F)c1)S(C)(=O)=O.Cl. The minimum absolute atomic E-state index is 0. The van der Waals surface area contributed by atoms with Gasteiger partial charge in [-0.3, -0.25) is 4.79 Å². The first kappa shape index (κ1) is 21.8. The van der Waals surface area contributed by atoms with Crippen LogP contribution < -0.4 is 10.6 Å². The highest BCUT2D eigenvalue weighted by atomic mass is 35.5. The summed E-state index contributed by atoms with van der Waals surface area (Å²) >= 11 is 0. The summed E-state index contributed by atoms with van der Waals surface area (Å²) in [6.45, 7) is 0.872. The van der Waals surface area contributed by atoms with Crippen LogP contribution in [-0.4, -0.2) is 57.6 Å². The molecule has 1 aromatic rings. The van der Waals surface area contributed by atoms with E-state index in [2.05, 4.69) is 10.6 Å². The maximum absolute atomic E-state index is 13.5. The number of nitrogens with one attached hydrogen (secondary N) is 2. The lowest BCUT2D eigenvalue weighted by atomic mass is 9.86. The van der Waals surface area contributed by atoms with Crippen molar-refractivity contribution in [2.75, 3.05) is 32.9 Å². The Hall–Kier alpha value is -1.29. The van der Waals surface area contributed by atoms with E-state index in [1.165, 1.54) is 13.1 Å². The van der Waals surface area contributed by atoms with E-state index < -0.39 is 27.6 Å². The predicted octanol–water partition coefficient (Wildman–Crippen LogP) is 0.840. The third-order valence-corrected chi connectivity index (χ3v) is 5.39. The minimum atomic E-state index is -3.45. The molecular formula is C15H22ClF2N3O3S. The second-order valence-corrected chi connectivity index (χ2v) is 8.06. The van der Waals surface area contributed by atoms with Crippen molar-refractivity contribution in [2.45, 2.75) is 18.4 Å². The molecule has 10 heteroatoms. The lowest BCUT2D eigenvalue weighted by Gasteiger charge is -2.33. The zero-order valence-electron chi connectivity index (χ0n) is 14.0. The fraction of sp³-hybridized carbons (Fsp3) is 0.533. The van der Waals surface area contributed by atoms with Gasteiger partial charge in [0.25, 0.3) is 0 Å². The molecule has 6 nitrogen and oxygen atoms in total. The summed E-state index contributed by atoms with van der Waals surface area (Å²) in [5.74, 6) is -2.45. The van der Waals surface area contributed by atoms with Crippen LogP contribution in [0.1, 0.15) is 17.9 Å². The molecule has 142 valence electrons. The molecule has 2 rings (SSSR count). The molecule has 0 saturated carbocycles. The number of sulfonamides is 1. The molecule has 1 aromatic carbocycles. The molecule has 1 amide bonds. The molecule has 0 bridgehead atoms. The van der Waals surface area contributed by atoms with E-state index in [0.717, 1.165) is 22.7 Å². The summed E-state index contributed by atoms with van der Waals surface area (Å²) in [6.07, 6.45) is 1.67. The van der Waals surface area contributed by atoms with Crippen molar-refractivity contribution >= 4 is 28.3 Å². The summed E-state index contributed by atoms with van der Waals surface area (Å²) < 4.78 is 50.3. The normalized spacial score (nSPS) is 20.8. The zero-order valence-corrected chi connectivity index (χ0v) is 15.6. The average Bonchev–Trinajstić information content (AvgIpc) is 2.49. The maximum atomic E-state index is 13.5. The van der Waals surface area contributed by atoms with Crippen LogP contribution in [0.5, 0.6) is 0 Å². The van der Waals surface area contributed by atoms with Crippen molar-refractivity contribution in [3.8, 4) is 0 Å². The van der Waals surface area contributed by atoms with E-state index in [0.29, 0.717) is 25.1 Å². The largest absolute Gasteiger partial charge is 0.350 e. The molecule has 0 radical (unpaired) electrons. The number of hydrogen-bond acceptors (Lipinski definition) is 4. The first-order valence-corrected chi connectivity index (χ1v) is 9.39. The summed E-state index contributed by atoms with van der Waals surface area (Å²) in [6, 6.07) is 3.40. The van der Waals surface area contributed by atoms with Crippen LogP contribution in [0.2, 0.25) is 0 Å². The summed E-state index contributed by atoms with van der Waals surface area (Å²) in [5.41, 5.74) is 0.608. The highest BCUT2D eigenvalue weighted by molar-refractivity contribution is 7.88. The van der Waals surface area contributed by atoms with Crippen molar-refractivity contribution in [2.24, 2.45) is 0 Å². The zero-order chi connectivity index (χ0) is 17.9. The Bertz CT molecular complexity index is 718. The summed E-state index contributed by atoms with van der Waals surface area (Å²) in [4.78, 5) is 12.1. The lowest BCUT2D eigenvalue weighted by molar-refractivity contribution is -0.122. The smallest absolute Gasteiger partial charge is 0.235 e. The van der Waals surface area contributed by atoms with Gasteiger partial charge in [0.05, 0.1) is 12.8 Å². The Morgan fingerprint density at radius 2 is 2.04 bits per heavy atom. The molecular weight excluding hydrogens is 376 g/mol. The number of halogens is 3. The highest BCUT2D eigenvalue weighted by Gasteiger charge is 2.29. The Kier molecular flexibility index (Phi) is 7.73. The van der Waals surface area contributed by atoms with Gasteiger partial charge in [0.1, 0.15) is 0 Å². The molecule has 0 aromatic heterocycles. The van der Waals surface area contributed by atoms with Gasteiger partial charge in [-0.25, -0.2) is 17.2 Å². The third kappa shape index (κ3) is 5.88. The second kappa shape index (κ2) is 8.88. The average molecular weight is 398 g/mol. The van der Waals surface area contributed by atoms with E-state index in [1.54, 1.807) is 0 Å². The molecule has 0 spiro atoms. The van der Waals surface area contributed by atoms with Crippen molar-refractivity contribution in [1.82, 2.24) is 14.9 Å². The van der Waals surface area contributed by atoms with Crippen LogP contribution in [0.3, 0.4) is 0 Å². The summed E-state index contributed by atoms with van der Waals surface area (Å²) in [5, 5.41) is 5.92. The molecule has 1 aliphatic rings. The van der Waals surface area contributed by atoms with Gasteiger partial charge in [-0.05, 0) is 30.7 Å². The quantitative estimate of drug-likeness (QED) is 0.771. The molecule has 2 atom stereocenters. The van der Waals surface area contributed by atoms with Crippen LogP contribution >= 0.6 is 12.4 Å². The molecule has 25 heavy (non-hydrogen) atoms. The fourth-order valence-electron chi connectivity index (χ4n) is 2.72. The number of likely N-dealkylation sites (N-methyl/N-ethyl adjacent to an activating group) is 1. The number of hydrogen-bond donors (Lipinski definition) is 2. The fourth-order valence-corrected chi connectivity index (χ4v) is 3.08. The van der Waals surface area contributed by atoms with Crippen LogP contribution in [0, 0.1) is 11.6 Å². The second-order valence-electron chi connectivity index (χ2n) is 5.97. The lowest BCUT2D eigenvalue weighted by Crippen LogP contribution is -2.52. The first-order chi connectivity index (χ1) is 11.2. The van der Waals surface area contributed by atoms with Gasteiger partial charge in [-0.2, -0.15) is 4.31 Å². The molecule has 1 aliphatic heterocycles. The number of carbonyl (C=O) groups is 1. The van der Waals surface area contributed by atoms with E-state index in [-0.39, 0.29) is 30.9 Å². The third-order valence-electron chi connectivity index (χ3n) is 4.13. The van der Waals surface area contributed by atoms with E-state index in [4.69, 9.17) is 0 Å². The molecule has 1 fully saturated rings.